The minimum Gasteiger partial charge on any atom is -0.355 e. The highest BCUT2D eigenvalue weighted by molar-refractivity contribution is 5.85. The minimum absolute atomic E-state index is 0. The summed E-state index contributed by atoms with van der Waals surface area (Å²) in [6.07, 6.45) is 4.61. The van der Waals surface area contributed by atoms with Crippen LogP contribution in [0.5, 0.6) is 0 Å². The van der Waals surface area contributed by atoms with E-state index in [9.17, 15) is 4.79 Å². The number of rotatable bonds is 4. The summed E-state index contributed by atoms with van der Waals surface area (Å²) in [6.45, 7) is 7.39. The van der Waals surface area contributed by atoms with Gasteiger partial charge >= 0.3 is 0 Å². The van der Waals surface area contributed by atoms with Gasteiger partial charge in [-0.05, 0) is 52.2 Å². The molecule has 2 N–H and O–H groups in total. The number of halogens is 2. The van der Waals surface area contributed by atoms with Crippen molar-refractivity contribution < 1.29 is 4.79 Å². The second kappa shape index (κ2) is 9.81. The van der Waals surface area contributed by atoms with E-state index in [1.54, 1.807) is 0 Å². The first-order valence-electron chi connectivity index (χ1n) is 6.99. The van der Waals surface area contributed by atoms with E-state index in [1.807, 2.05) is 0 Å². The number of carbonyl (C=O) groups excluding carboxylic acids is 1. The van der Waals surface area contributed by atoms with E-state index in [0.717, 1.165) is 32.5 Å². The highest BCUT2D eigenvalue weighted by Gasteiger charge is 2.24. The molecule has 0 aliphatic carbocycles. The zero-order valence-corrected chi connectivity index (χ0v) is 13.3. The van der Waals surface area contributed by atoms with Crippen LogP contribution in [-0.4, -0.2) is 49.6 Å². The van der Waals surface area contributed by atoms with E-state index in [4.69, 9.17) is 0 Å². The molecule has 6 heteroatoms. The molecule has 2 heterocycles. The van der Waals surface area contributed by atoms with Crippen LogP contribution in [0.1, 0.15) is 32.6 Å². The van der Waals surface area contributed by atoms with Crippen LogP contribution in [0.3, 0.4) is 0 Å². The fourth-order valence-corrected chi connectivity index (χ4v) is 2.86. The van der Waals surface area contributed by atoms with Crippen LogP contribution in [-0.2, 0) is 4.79 Å². The average molecular weight is 312 g/mol. The van der Waals surface area contributed by atoms with Gasteiger partial charge in [-0.1, -0.05) is 0 Å². The standard InChI is InChI=1S/C13H25N3O.2ClH/c1-11-10-12(4-5-14-11)13(17)15-6-9-16-7-2-3-8-16;;/h11-12,14H,2-10H2,1H3,(H,15,17);2*1H/t11-,12-;;/m0../s1. The third-order valence-corrected chi connectivity index (χ3v) is 3.92. The monoisotopic (exact) mass is 311 g/mol. The molecule has 2 aliphatic heterocycles. The summed E-state index contributed by atoms with van der Waals surface area (Å²) >= 11 is 0. The summed E-state index contributed by atoms with van der Waals surface area (Å²) in [5.74, 6) is 0.488. The lowest BCUT2D eigenvalue weighted by atomic mass is 9.92. The Morgan fingerprint density at radius 1 is 1.32 bits per heavy atom. The number of hydrogen-bond acceptors (Lipinski definition) is 3. The molecule has 0 spiro atoms. The molecule has 0 radical (unpaired) electrons. The van der Waals surface area contributed by atoms with Crippen LogP contribution in [0.25, 0.3) is 0 Å². The first kappa shape index (κ1) is 19.0. The molecule has 0 aromatic heterocycles. The second-order valence-electron chi connectivity index (χ2n) is 5.42. The molecule has 2 fully saturated rings. The van der Waals surface area contributed by atoms with E-state index < -0.39 is 0 Å². The molecule has 114 valence electrons. The molecule has 0 aromatic rings. The topological polar surface area (TPSA) is 44.4 Å². The predicted molar refractivity (Wildman–Crippen MR) is 83.4 cm³/mol. The Labute approximate surface area is 128 Å². The Morgan fingerprint density at radius 3 is 2.63 bits per heavy atom. The van der Waals surface area contributed by atoms with Crippen molar-refractivity contribution in [1.29, 1.82) is 0 Å². The molecule has 2 atom stereocenters. The average Bonchev–Trinajstić information content (AvgIpc) is 2.82. The smallest absolute Gasteiger partial charge is 0.223 e. The molecular formula is C13H27Cl2N3O. The number of hydrogen-bond donors (Lipinski definition) is 2. The van der Waals surface area contributed by atoms with E-state index >= 15 is 0 Å². The summed E-state index contributed by atoms with van der Waals surface area (Å²) in [7, 11) is 0. The number of carbonyl (C=O) groups is 1. The molecule has 4 nitrogen and oxygen atoms in total. The summed E-state index contributed by atoms with van der Waals surface area (Å²) in [5.41, 5.74) is 0. The van der Waals surface area contributed by atoms with Gasteiger partial charge in [-0.2, -0.15) is 0 Å². The van der Waals surface area contributed by atoms with Gasteiger partial charge < -0.3 is 15.5 Å². The third kappa shape index (κ3) is 6.30. The summed E-state index contributed by atoms with van der Waals surface area (Å²) in [6, 6.07) is 0.484. The van der Waals surface area contributed by atoms with Crippen molar-refractivity contribution in [3.8, 4) is 0 Å². The fourth-order valence-electron chi connectivity index (χ4n) is 2.86. The van der Waals surface area contributed by atoms with Gasteiger partial charge in [-0.3, -0.25) is 4.79 Å². The molecule has 2 saturated heterocycles. The van der Waals surface area contributed by atoms with Crippen LogP contribution >= 0.6 is 24.8 Å². The number of nitrogens with one attached hydrogen (secondary N) is 2. The lowest BCUT2D eigenvalue weighted by molar-refractivity contribution is -0.126. The van der Waals surface area contributed by atoms with E-state index in [0.29, 0.717) is 6.04 Å². The van der Waals surface area contributed by atoms with Crippen molar-refractivity contribution >= 4 is 30.7 Å². The maximum absolute atomic E-state index is 12.0. The lowest BCUT2D eigenvalue weighted by Gasteiger charge is -2.27. The largest absolute Gasteiger partial charge is 0.355 e. The SMILES string of the molecule is C[C@H]1C[C@@H](C(=O)NCCN2CCCC2)CCN1.Cl.Cl. The highest BCUT2D eigenvalue weighted by Crippen LogP contribution is 2.15. The molecular weight excluding hydrogens is 285 g/mol. The zero-order chi connectivity index (χ0) is 12.1. The maximum Gasteiger partial charge on any atom is 0.223 e. The summed E-state index contributed by atoms with van der Waals surface area (Å²) < 4.78 is 0. The van der Waals surface area contributed by atoms with Crippen LogP contribution in [0.2, 0.25) is 0 Å². The van der Waals surface area contributed by atoms with E-state index in [1.165, 1.54) is 25.9 Å². The Balaban J connectivity index is 0.00000162. The van der Waals surface area contributed by atoms with Gasteiger partial charge in [0.1, 0.15) is 0 Å². The number of amides is 1. The molecule has 19 heavy (non-hydrogen) atoms. The fraction of sp³-hybridized carbons (Fsp3) is 0.923. The number of nitrogens with zero attached hydrogens (tertiary/aromatic N) is 1. The van der Waals surface area contributed by atoms with Crippen molar-refractivity contribution in [2.24, 2.45) is 5.92 Å². The van der Waals surface area contributed by atoms with Gasteiger partial charge in [0.15, 0.2) is 0 Å². The summed E-state index contributed by atoms with van der Waals surface area (Å²) in [5, 5.41) is 6.47. The molecule has 0 unspecified atom stereocenters. The van der Waals surface area contributed by atoms with Gasteiger partial charge in [0, 0.05) is 25.0 Å². The van der Waals surface area contributed by atoms with Gasteiger partial charge in [0.25, 0.3) is 0 Å². The highest BCUT2D eigenvalue weighted by atomic mass is 35.5. The van der Waals surface area contributed by atoms with Crippen molar-refractivity contribution in [2.45, 2.75) is 38.6 Å². The Kier molecular flexibility index (Phi) is 9.79. The van der Waals surface area contributed by atoms with Crippen molar-refractivity contribution in [3.05, 3.63) is 0 Å². The van der Waals surface area contributed by atoms with Crippen LogP contribution in [0, 0.1) is 5.92 Å². The predicted octanol–water partition coefficient (Wildman–Crippen LogP) is 1.43. The van der Waals surface area contributed by atoms with Crippen molar-refractivity contribution in [1.82, 2.24) is 15.5 Å². The van der Waals surface area contributed by atoms with Gasteiger partial charge in [-0.15, -0.1) is 24.8 Å². The van der Waals surface area contributed by atoms with Crippen LogP contribution < -0.4 is 10.6 Å². The van der Waals surface area contributed by atoms with E-state index in [-0.39, 0.29) is 36.6 Å². The van der Waals surface area contributed by atoms with E-state index in [2.05, 4.69) is 22.5 Å². The first-order chi connectivity index (χ1) is 8.25. The molecule has 0 bridgehead atoms. The first-order valence-corrected chi connectivity index (χ1v) is 6.99. The molecule has 0 aromatic carbocycles. The molecule has 2 aliphatic rings. The van der Waals surface area contributed by atoms with Gasteiger partial charge in [0.2, 0.25) is 5.91 Å². The van der Waals surface area contributed by atoms with Crippen molar-refractivity contribution in [2.75, 3.05) is 32.7 Å². The van der Waals surface area contributed by atoms with Crippen molar-refractivity contribution in [3.63, 3.8) is 0 Å². The third-order valence-electron chi connectivity index (χ3n) is 3.92. The second-order valence-corrected chi connectivity index (χ2v) is 5.42. The lowest BCUT2D eigenvalue weighted by Crippen LogP contribution is -2.43. The quantitative estimate of drug-likeness (QED) is 0.825. The van der Waals surface area contributed by atoms with Gasteiger partial charge in [-0.25, -0.2) is 0 Å². The Hall–Kier alpha value is -0.0300. The maximum atomic E-state index is 12.0. The number of likely N-dealkylation sites (tertiary alicyclic amines) is 1. The molecule has 0 saturated carbocycles. The summed E-state index contributed by atoms with van der Waals surface area (Å²) in [4.78, 5) is 14.4. The number of piperidine rings is 1. The zero-order valence-electron chi connectivity index (χ0n) is 11.7. The van der Waals surface area contributed by atoms with Crippen LogP contribution in [0.15, 0.2) is 0 Å². The minimum atomic E-state index is 0. The normalized spacial score (nSPS) is 27.2. The van der Waals surface area contributed by atoms with Crippen LogP contribution in [0.4, 0.5) is 0 Å². The van der Waals surface area contributed by atoms with Gasteiger partial charge in [0.05, 0.1) is 0 Å². The Bertz CT molecular complexity index is 260. The molecule has 2 rings (SSSR count). The molecule has 1 amide bonds. The Morgan fingerprint density at radius 2 is 2.00 bits per heavy atom.